The second-order valence-electron chi connectivity index (χ2n) is 6.04. The molecule has 1 saturated carbocycles. The molecule has 1 aliphatic heterocycles. The molecule has 0 saturated heterocycles. The van der Waals surface area contributed by atoms with Crippen LogP contribution in [0.15, 0.2) is 24.3 Å². The summed E-state index contributed by atoms with van der Waals surface area (Å²) in [5, 5.41) is 20.2. The molecular formula is C18H21N4O3+. The van der Waals surface area contributed by atoms with Crippen LogP contribution in [0, 0.1) is 33.5 Å². The van der Waals surface area contributed by atoms with Crippen molar-refractivity contribution in [3.63, 3.8) is 0 Å². The third-order valence-electron chi connectivity index (χ3n) is 5.15. The van der Waals surface area contributed by atoms with Crippen LogP contribution in [-0.4, -0.2) is 32.1 Å². The summed E-state index contributed by atoms with van der Waals surface area (Å²) in [6.07, 6.45) is 0. The van der Waals surface area contributed by atoms with Crippen LogP contribution in [0.5, 0.6) is 5.75 Å². The van der Waals surface area contributed by atoms with Crippen LogP contribution in [0.25, 0.3) is 0 Å². The molecule has 3 atom stereocenters. The Kier molecular flexibility index (Phi) is 3.95. The van der Waals surface area contributed by atoms with Crippen molar-refractivity contribution in [3.05, 3.63) is 29.8 Å². The Morgan fingerprint density at radius 1 is 1.16 bits per heavy atom. The third-order valence-corrected chi connectivity index (χ3v) is 5.15. The van der Waals surface area contributed by atoms with Gasteiger partial charge in [0.25, 0.3) is 5.84 Å². The number of nitrogens with two attached hydrogens (primary N) is 1. The SMILES string of the molecule is CCOC1(OCC)[NH+]=C(N)[C@@]2(C#N)[C@@H](c3ccccc3OC)[C@@]12C#N. The van der Waals surface area contributed by atoms with Crippen LogP contribution in [-0.2, 0) is 9.47 Å². The lowest BCUT2D eigenvalue weighted by Gasteiger charge is -2.29. The van der Waals surface area contributed by atoms with E-state index in [9.17, 15) is 10.5 Å². The van der Waals surface area contributed by atoms with Crippen molar-refractivity contribution >= 4 is 5.84 Å². The van der Waals surface area contributed by atoms with Crippen LogP contribution in [0.3, 0.4) is 0 Å². The first-order valence-corrected chi connectivity index (χ1v) is 8.19. The predicted octanol–water partition coefficient (Wildman–Crippen LogP) is -0.00944. The molecule has 1 aromatic rings. The van der Waals surface area contributed by atoms with Gasteiger partial charge in [-0.2, -0.15) is 10.5 Å². The fraction of sp³-hybridized carbons (Fsp3) is 0.500. The molecule has 0 spiro atoms. The molecule has 0 amide bonds. The van der Waals surface area contributed by atoms with Gasteiger partial charge in [-0.1, -0.05) is 18.2 Å². The summed E-state index contributed by atoms with van der Waals surface area (Å²) in [6, 6.07) is 11.9. The molecule has 0 radical (unpaired) electrons. The van der Waals surface area contributed by atoms with E-state index in [4.69, 9.17) is 19.9 Å². The van der Waals surface area contributed by atoms with E-state index in [1.165, 1.54) is 0 Å². The lowest BCUT2D eigenvalue weighted by Crippen LogP contribution is -2.91. The van der Waals surface area contributed by atoms with Crippen molar-refractivity contribution in [2.75, 3.05) is 20.3 Å². The maximum atomic E-state index is 10.2. The highest BCUT2D eigenvalue weighted by Crippen LogP contribution is 2.79. The van der Waals surface area contributed by atoms with Gasteiger partial charge in [0.05, 0.1) is 38.4 Å². The van der Waals surface area contributed by atoms with Crippen molar-refractivity contribution in [1.82, 2.24) is 0 Å². The van der Waals surface area contributed by atoms with E-state index in [1.54, 1.807) is 27.0 Å². The van der Waals surface area contributed by atoms with E-state index in [0.29, 0.717) is 19.0 Å². The maximum Gasteiger partial charge on any atom is 0.343 e. The first-order chi connectivity index (χ1) is 12.0. The molecule has 1 fully saturated rings. The highest BCUT2D eigenvalue weighted by molar-refractivity contribution is 5.95. The molecule has 7 nitrogen and oxygen atoms in total. The monoisotopic (exact) mass is 341 g/mol. The summed E-state index contributed by atoms with van der Waals surface area (Å²) in [5.41, 5.74) is 4.39. The Bertz CT molecular complexity index is 803. The van der Waals surface area contributed by atoms with Crippen LogP contribution in [0.2, 0.25) is 0 Å². The van der Waals surface area contributed by atoms with Gasteiger partial charge < -0.3 is 14.2 Å². The highest BCUT2D eigenvalue weighted by atomic mass is 16.7. The van der Waals surface area contributed by atoms with Gasteiger partial charge in [0.15, 0.2) is 10.8 Å². The van der Waals surface area contributed by atoms with Gasteiger partial charge in [-0.3, -0.25) is 5.73 Å². The average molecular weight is 341 g/mol. The number of nitriles is 2. The van der Waals surface area contributed by atoms with Crippen molar-refractivity contribution in [2.24, 2.45) is 16.6 Å². The lowest BCUT2D eigenvalue weighted by molar-refractivity contribution is -0.693. The number of para-hydroxylation sites is 1. The molecule has 1 aliphatic carbocycles. The van der Waals surface area contributed by atoms with E-state index >= 15 is 0 Å². The van der Waals surface area contributed by atoms with Gasteiger partial charge in [-0.25, -0.2) is 4.99 Å². The van der Waals surface area contributed by atoms with Crippen LogP contribution < -0.4 is 15.5 Å². The number of nitrogens with zero attached hydrogens (tertiary/aromatic N) is 2. The fourth-order valence-corrected chi connectivity index (χ4v) is 4.23. The standard InChI is InChI=1S/C18H20N4O3/c1-4-24-18(25-5-2)17(11-20)14(16(17,10-19)15(21)22-18)12-8-6-7-9-13(12)23-3/h6-9,14H,4-5H2,1-3H3,(H2,21,22)/p+1/t14-,16-,17-/m1/s1. The molecule has 1 heterocycles. The zero-order valence-corrected chi connectivity index (χ0v) is 14.5. The molecule has 130 valence electrons. The van der Waals surface area contributed by atoms with Gasteiger partial charge in [0.1, 0.15) is 5.75 Å². The summed E-state index contributed by atoms with van der Waals surface area (Å²) < 4.78 is 17.1. The average Bonchev–Trinajstić information content (AvgIpc) is 3.20. The van der Waals surface area contributed by atoms with E-state index in [-0.39, 0.29) is 5.84 Å². The summed E-state index contributed by atoms with van der Waals surface area (Å²) in [7, 11) is 1.55. The quantitative estimate of drug-likeness (QED) is 0.703. The van der Waals surface area contributed by atoms with Gasteiger partial charge >= 0.3 is 5.91 Å². The Morgan fingerprint density at radius 2 is 1.80 bits per heavy atom. The number of fused-ring (bicyclic) bond motifs is 1. The largest absolute Gasteiger partial charge is 0.496 e. The number of rotatable bonds is 6. The summed E-state index contributed by atoms with van der Waals surface area (Å²) in [5.74, 6) is -1.21. The zero-order chi connectivity index (χ0) is 18.3. The molecule has 1 aromatic carbocycles. The number of hydrogen-bond acceptors (Lipinski definition) is 6. The van der Waals surface area contributed by atoms with Gasteiger partial charge in [0, 0.05) is 5.56 Å². The normalized spacial score (nSPS) is 31.4. The molecule has 3 rings (SSSR count). The third kappa shape index (κ3) is 1.77. The van der Waals surface area contributed by atoms with Crippen molar-refractivity contribution < 1.29 is 19.2 Å². The van der Waals surface area contributed by atoms with Crippen LogP contribution in [0.4, 0.5) is 0 Å². The number of amidine groups is 1. The predicted molar refractivity (Wildman–Crippen MR) is 88.0 cm³/mol. The van der Waals surface area contributed by atoms with Crippen LogP contribution >= 0.6 is 0 Å². The minimum atomic E-state index is -1.48. The van der Waals surface area contributed by atoms with Crippen LogP contribution in [0.1, 0.15) is 25.3 Å². The van der Waals surface area contributed by atoms with Crippen molar-refractivity contribution in [2.45, 2.75) is 25.7 Å². The van der Waals surface area contributed by atoms with E-state index < -0.39 is 22.7 Å². The Morgan fingerprint density at radius 3 is 2.32 bits per heavy atom. The number of nitrogens with one attached hydrogen (secondary N) is 1. The van der Waals surface area contributed by atoms with Gasteiger partial charge in [0.2, 0.25) is 0 Å². The summed E-state index contributed by atoms with van der Waals surface area (Å²) >= 11 is 0. The fourth-order valence-electron chi connectivity index (χ4n) is 4.23. The van der Waals surface area contributed by atoms with Crippen molar-refractivity contribution in [3.8, 4) is 17.9 Å². The number of ether oxygens (including phenoxy) is 3. The molecule has 0 aromatic heterocycles. The Balaban J connectivity index is 2.25. The molecule has 0 bridgehead atoms. The Hall–Kier alpha value is -2.61. The van der Waals surface area contributed by atoms with E-state index in [0.717, 1.165) is 5.56 Å². The van der Waals surface area contributed by atoms with Gasteiger partial charge in [-0.05, 0) is 19.9 Å². The number of benzene rings is 1. The highest BCUT2D eigenvalue weighted by Gasteiger charge is 2.97. The molecule has 7 heteroatoms. The second-order valence-corrected chi connectivity index (χ2v) is 6.04. The van der Waals surface area contributed by atoms with E-state index in [2.05, 4.69) is 17.1 Å². The molecule has 2 aliphatic rings. The first-order valence-electron chi connectivity index (χ1n) is 8.19. The molecule has 3 N–H and O–H groups in total. The zero-order valence-electron chi connectivity index (χ0n) is 14.5. The lowest BCUT2D eigenvalue weighted by atomic mass is 9.93. The van der Waals surface area contributed by atoms with Gasteiger partial charge in [-0.15, -0.1) is 0 Å². The second kappa shape index (κ2) is 5.73. The number of methoxy groups -OCH3 is 1. The minimum absolute atomic E-state index is 0.189. The summed E-state index contributed by atoms with van der Waals surface area (Å²) in [4.78, 5) is 2.95. The topological polar surface area (TPSA) is 115 Å². The molecule has 0 unspecified atom stereocenters. The Labute approximate surface area is 146 Å². The smallest absolute Gasteiger partial charge is 0.343 e. The van der Waals surface area contributed by atoms with E-state index in [1.807, 2.05) is 18.2 Å². The number of hydrogen-bond donors (Lipinski definition) is 2. The molecular weight excluding hydrogens is 320 g/mol. The molecule has 25 heavy (non-hydrogen) atoms. The minimum Gasteiger partial charge on any atom is -0.496 e. The summed E-state index contributed by atoms with van der Waals surface area (Å²) in [6.45, 7) is 4.20. The first kappa shape index (κ1) is 17.2. The van der Waals surface area contributed by atoms with Crippen molar-refractivity contribution in [1.29, 1.82) is 10.5 Å². The maximum absolute atomic E-state index is 10.2.